The second kappa shape index (κ2) is 5.94. The first-order chi connectivity index (χ1) is 9.47. The van der Waals surface area contributed by atoms with Crippen LogP contribution in [0.2, 0.25) is 0 Å². The summed E-state index contributed by atoms with van der Waals surface area (Å²) < 4.78 is 33.0. The minimum Gasteiger partial charge on any atom is -0.282 e. The molecule has 0 aliphatic heterocycles. The summed E-state index contributed by atoms with van der Waals surface area (Å²) in [7, 11) is -4.21. The van der Waals surface area contributed by atoms with Crippen LogP contribution in [0.4, 0.5) is 0 Å². The van der Waals surface area contributed by atoms with Crippen molar-refractivity contribution in [1.82, 2.24) is 0 Å². The summed E-state index contributed by atoms with van der Waals surface area (Å²) >= 11 is 0. The Balaban J connectivity index is 2.72. The zero-order valence-electron chi connectivity index (χ0n) is 11.9. The van der Waals surface area contributed by atoms with Gasteiger partial charge in [-0.25, -0.2) is 0 Å². The van der Waals surface area contributed by atoms with Crippen LogP contribution in [0.3, 0.4) is 0 Å². The Hall–Kier alpha value is -1.39. The van der Waals surface area contributed by atoms with Gasteiger partial charge < -0.3 is 0 Å². The number of aryl methyl sites for hydroxylation is 2. The van der Waals surface area contributed by atoms with Gasteiger partial charge in [-0.3, -0.25) is 4.55 Å². The Morgan fingerprint density at radius 3 is 2.30 bits per heavy atom. The zero-order chi connectivity index (χ0) is 14.8. The molecular weight excluding hydrogens is 272 g/mol. The number of hydrogen-bond acceptors (Lipinski definition) is 2. The maximum Gasteiger partial charge on any atom is 0.295 e. The van der Waals surface area contributed by atoms with Gasteiger partial charge in [0.1, 0.15) is 4.90 Å². The van der Waals surface area contributed by atoms with E-state index >= 15 is 0 Å². The molecule has 2 aromatic carbocycles. The lowest BCUT2D eigenvalue weighted by Crippen LogP contribution is -2.04. The highest BCUT2D eigenvalue weighted by atomic mass is 32.2. The highest BCUT2D eigenvalue weighted by molar-refractivity contribution is 7.86. The van der Waals surface area contributed by atoms with E-state index in [0.717, 1.165) is 24.6 Å². The van der Waals surface area contributed by atoms with E-state index < -0.39 is 10.1 Å². The second-order valence-electron chi connectivity index (χ2n) is 5.08. The molecule has 0 saturated carbocycles. The Kier molecular flexibility index (Phi) is 4.45. The molecular formula is C16H20O3S. The zero-order valence-corrected chi connectivity index (χ0v) is 12.7. The second-order valence-corrected chi connectivity index (χ2v) is 6.44. The van der Waals surface area contributed by atoms with Gasteiger partial charge >= 0.3 is 0 Å². The van der Waals surface area contributed by atoms with E-state index in [9.17, 15) is 13.0 Å². The third-order valence-corrected chi connectivity index (χ3v) is 4.43. The van der Waals surface area contributed by atoms with Gasteiger partial charge in [0.2, 0.25) is 0 Å². The Labute approximate surface area is 120 Å². The van der Waals surface area contributed by atoms with E-state index in [1.807, 2.05) is 37.3 Å². The van der Waals surface area contributed by atoms with E-state index in [2.05, 4.69) is 6.92 Å². The predicted molar refractivity (Wildman–Crippen MR) is 81.8 cm³/mol. The Morgan fingerprint density at radius 2 is 1.70 bits per heavy atom. The molecule has 0 saturated heterocycles. The van der Waals surface area contributed by atoms with Crippen LogP contribution in [0.15, 0.2) is 35.2 Å². The van der Waals surface area contributed by atoms with E-state index in [4.69, 9.17) is 0 Å². The van der Waals surface area contributed by atoms with Crippen LogP contribution in [0.5, 0.6) is 0 Å². The molecule has 0 spiro atoms. The molecule has 2 rings (SSSR count). The van der Waals surface area contributed by atoms with Crippen LogP contribution in [0.25, 0.3) is 10.8 Å². The fraction of sp³-hybridized carbons (Fsp3) is 0.375. The van der Waals surface area contributed by atoms with Crippen molar-refractivity contribution in [2.45, 2.75) is 44.4 Å². The smallest absolute Gasteiger partial charge is 0.282 e. The summed E-state index contributed by atoms with van der Waals surface area (Å²) in [4.78, 5) is 0.0694. The number of benzene rings is 2. The van der Waals surface area contributed by atoms with Gasteiger partial charge in [-0.05, 0) is 29.4 Å². The molecule has 0 fully saturated rings. The van der Waals surface area contributed by atoms with Gasteiger partial charge in [-0.2, -0.15) is 8.42 Å². The van der Waals surface area contributed by atoms with E-state index in [0.29, 0.717) is 17.4 Å². The molecule has 0 amide bonds. The summed E-state index contributed by atoms with van der Waals surface area (Å²) in [6.45, 7) is 4.10. The molecule has 0 unspecified atom stereocenters. The Morgan fingerprint density at radius 1 is 1.00 bits per heavy atom. The lowest BCUT2D eigenvalue weighted by Gasteiger charge is -2.11. The largest absolute Gasteiger partial charge is 0.295 e. The third-order valence-electron chi connectivity index (χ3n) is 3.43. The van der Waals surface area contributed by atoms with Crippen molar-refractivity contribution in [3.8, 4) is 0 Å². The summed E-state index contributed by atoms with van der Waals surface area (Å²) in [5, 5.41) is 1.47. The third kappa shape index (κ3) is 3.02. The van der Waals surface area contributed by atoms with Crippen molar-refractivity contribution in [3.05, 3.63) is 41.5 Å². The molecule has 0 atom stereocenters. The van der Waals surface area contributed by atoms with E-state index in [-0.39, 0.29) is 4.90 Å². The number of rotatable bonds is 5. The summed E-state index contributed by atoms with van der Waals surface area (Å²) in [5.74, 6) is 0. The summed E-state index contributed by atoms with van der Waals surface area (Å²) in [6, 6.07) is 9.50. The molecule has 0 aliphatic rings. The quantitative estimate of drug-likeness (QED) is 0.848. The molecule has 20 heavy (non-hydrogen) atoms. The van der Waals surface area contributed by atoms with Crippen molar-refractivity contribution >= 4 is 20.9 Å². The van der Waals surface area contributed by atoms with Crippen LogP contribution in [0, 0.1) is 0 Å². The molecule has 3 nitrogen and oxygen atoms in total. The van der Waals surface area contributed by atoms with Gasteiger partial charge in [0.25, 0.3) is 10.1 Å². The SMILES string of the molecule is CCCc1ccc2c(S(=O)(=O)O)c(CCC)ccc2c1. The molecule has 0 bridgehead atoms. The van der Waals surface area contributed by atoms with Crippen molar-refractivity contribution in [1.29, 1.82) is 0 Å². The van der Waals surface area contributed by atoms with Gasteiger partial charge in [0.15, 0.2) is 0 Å². The van der Waals surface area contributed by atoms with E-state index in [1.54, 1.807) is 0 Å². The van der Waals surface area contributed by atoms with Crippen LogP contribution >= 0.6 is 0 Å². The van der Waals surface area contributed by atoms with Crippen molar-refractivity contribution in [3.63, 3.8) is 0 Å². The van der Waals surface area contributed by atoms with Gasteiger partial charge in [-0.1, -0.05) is 57.0 Å². The van der Waals surface area contributed by atoms with Gasteiger partial charge in [0.05, 0.1) is 0 Å². The maximum atomic E-state index is 11.7. The molecule has 0 radical (unpaired) electrons. The first kappa shape index (κ1) is 15.0. The molecule has 108 valence electrons. The number of fused-ring (bicyclic) bond motifs is 1. The van der Waals surface area contributed by atoms with Crippen molar-refractivity contribution in [2.24, 2.45) is 0 Å². The van der Waals surface area contributed by atoms with Crippen LogP contribution in [0.1, 0.15) is 37.8 Å². The molecule has 1 N–H and O–H groups in total. The molecule has 0 heterocycles. The summed E-state index contributed by atoms with van der Waals surface area (Å²) in [5.41, 5.74) is 1.87. The minimum atomic E-state index is -4.21. The Bertz CT molecular complexity index is 718. The molecule has 4 heteroatoms. The average Bonchev–Trinajstić information content (AvgIpc) is 2.38. The molecule has 0 aromatic heterocycles. The first-order valence-electron chi connectivity index (χ1n) is 6.99. The maximum absolute atomic E-state index is 11.7. The minimum absolute atomic E-state index is 0.0694. The standard InChI is InChI=1S/C16H20O3S/c1-3-5-12-7-10-15-14(11-12)9-8-13(6-4-2)16(15)20(17,18)19/h7-11H,3-6H2,1-2H3,(H,17,18,19). The van der Waals surface area contributed by atoms with Crippen LogP contribution in [-0.2, 0) is 23.0 Å². The highest BCUT2D eigenvalue weighted by Gasteiger charge is 2.18. The normalized spacial score (nSPS) is 11.9. The van der Waals surface area contributed by atoms with Crippen molar-refractivity contribution < 1.29 is 13.0 Å². The van der Waals surface area contributed by atoms with Gasteiger partial charge in [-0.15, -0.1) is 0 Å². The van der Waals surface area contributed by atoms with Crippen molar-refractivity contribution in [2.75, 3.05) is 0 Å². The van der Waals surface area contributed by atoms with E-state index in [1.165, 1.54) is 5.56 Å². The summed E-state index contributed by atoms with van der Waals surface area (Å²) in [6.07, 6.45) is 3.49. The lowest BCUT2D eigenvalue weighted by molar-refractivity contribution is 0.483. The van der Waals surface area contributed by atoms with Gasteiger partial charge in [0, 0.05) is 5.39 Å². The lowest BCUT2D eigenvalue weighted by atomic mass is 10.0. The molecule has 2 aromatic rings. The monoisotopic (exact) mass is 292 g/mol. The van der Waals surface area contributed by atoms with Crippen LogP contribution in [-0.4, -0.2) is 13.0 Å². The topological polar surface area (TPSA) is 54.4 Å². The van der Waals surface area contributed by atoms with Crippen LogP contribution < -0.4 is 0 Å². The fourth-order valence-electron chi connectivity index (χ4n) is 2.61. The highest BCUT2D eigenvalue weighted by Crippen LogP contribution is 2.28. The average molecular weight is 292 g/mol. The molecule has 0 aliphatic carbocycles. The first-order valence-corrected chi connectivity index (χ1v) is 8.43. The fourth-order valence-corrected chi connectivity index (χ4v) is 3.58. The predicted octanol–water partition coefficient (Wildman–Crippen LogP) is 3.99. The number of hydrogen-bond donors (Lipinski definition) is 1.